The van der Waals surface area contributed by atoms with E-state index in [4.69, 9.17) is 19.4 Å². The first-order valence-corrected chi connectivity index (χ1v) is 21.8. The van der Waals surface area contributed by atoms with Gasteiger partial charge in [0.25, 0.3) is 0 Å². The first kappa shape index (κ1) is 36.8. The lowest BCUT2D eigenvalue weighted by molar-refractivity contribution is 0.669. The Kier molecular flexibility index (Phi) is 8.46. The molecule has 0 N–H and O–H groups in total. The highest BCUT2D eigenvalue weighted by Crippen LogP contribution is 2.41. The zero-order chi connectivity index (χ0) is 42.8. The molecule has 5 heteroatoms. The summed E-state index contributed by atoms with van der Waals surface area (Å²) in [7, 11) is 0. The number of rotatable bonds is 6. The molecular weight excluding hydrogens is 793 g/mol. The van der Waals surface area contributed by atoms with Gasteiger partial charge >= 0.3 is 0 Å². The third-order valence-corrected chi connectivity index (χ3v) is 12.7. The normalized spacial score (nSPS) is 11.7. The maximum absolute atomic E-state index is 6.58. The smallest absolute Gasteiger partial charge is 0.167 e. The molecule has 13 rings (SSSR count). The lowest BCUT2D eigenvalue weighted by atomic mass is 9.90. The van der Waals surface area contributed by atoms with Gasteiger partial charge in [-0.1, -0.05) is 146 Å². The van der Waals surface area contributed by atoms with E-state index in [0.717, 1.165) is 72.0 Å². The molecule has 0 fully saturated rings. The van der Waals surface area contributed by atoms with Gasteiger partial charge < -0.3 is 4.42 Å². The van der Waals surface area contributed by atoms with Gasteiger partial charge in [-0.2, -0.15) is 0 Å². The topological polar surface area (TPSA) is 64.7 Å². The summed E-state index contributed by atoms with van der Waals surface area (Å²) >= 11 is 0. The fourth-order valence-electron chi connectivity index (χ4n) is 9.53. The van der Waals surface area contributed by atoms with Gasteiger partial charge in [-0.15, -0.1) is 0 Å². The summed E-state index contributed by atoms with van der Waals surface area (Å²) in [5.41, 5.74) is 10.6. The fourth-order valence-corrected chi connectivity index (χ4v) is 9.53. The molecule has 0 radical (unpaired) electrons. The Morgan fingerprint density at radius 3 is 1.45 bits per heavy atom. The van der Waals surface area contributed by atoms with Crippen molar-refractivity contribution < 1.29 is 4.42 Å². The standard InChI is InChI=1S/C60H36N4O/c1-3-13-41-34-54-43(29-39(41)11-1)15-7-19-49(54)46-31-47(50-20-8-16-44-30-40-12-2-4-14-42(40)35-55(44)50)33-48(32-46)59-62-58(38-26-24-37(25-27-38)45-17-10-28-61-36-45)63-60(64-59)53-22-9-21-52-51-18-5-6-23-56(51)65-57(52)53/h1-36H. The van der Waals surface area contributed by atoms with E-state index in [-0.39, 0.29) is 0 Å². The van der Waals surface area contributed by atoms with E-state index in [2.05, 4.69) is 181 Å². The average Bonchev–Trinajstić information content (AvgIpc) is 3.76. The van der Waals surface area contributed by atoms with Crippen LogP contribution >= 0.6 is 0 Å². The van der Waals surface area contributed by atoms with Crippen LogP contribution in [-0.2, 0) is 0 Å². The van der Waals surface area contributed by atoms with Crippen molar-refractivity contribution in [2.75, 3.05) is 0 Å². The molecule has 65 heavy (non-hydrogen) atoms. The molecule has 0 amide bonds. The van der Waals surface area contributed by atoms with E-state index < -0.39 is 0 Å². The van der Waals surface area contributed by atoms with E-state index in [9.17, 15) is 0 Å². The zero-order valence-corrected chi connectivity index (χ0v) is 35.0. The fraction of sp³-hybridized carbons (Fsp3) is 0. The Bertz CT molecular complexity index is 3870. The molecule has 0 aliphatic heterocycles. The van der Waals surface area contributed by atoms with Gasteiger partial charge in [-0.25, -0.2) is 15.0 Å². The number of fused-ring (bicyclic) bond motifs is 7. The van der Waals surface area contributed by atoms with Crippen molar-refractivity contribution in [3.8, 4) is 67.5 Å². The molecule has 5 nitrogen and oxygen atoms in total. The van der Waals surface area contributed by atoms with Gasteiger partial charge in [-0.05, 0) is 137 Å². The lowest BCUT2D eigenvalue weighted by Crippen LogP contribution is -2.01. The largest absolute Gasteiger partial charge is 0.455 e. The molecule has 0 saturated heterocycles. The van der Waals surface area contributed by atoms with Gasteiger partial charge in [0.05, 0.1) is 5.56 Å². The summed E-state index contributed by atoms with van der Waals surface area (Å²) in [6.45, 7) is 0. The Hall–Kier alpha value is -8.80. The quantitative estimate of drug-likeness (QED) is 0.156. The minimum absolute atomic E-state index is 0.534. The predicted octanol–water partition coefficient (Wildman–Crippen LogP) is 15.8. The van der Waals surface area contributed by atoms with Crippen LogP contribution in [-0.4, -0.2) is 19.9 Å². The third-order valence-electron chi connectivity index (χ3n) is 12.7. The molecule has 0 aliphatic carbocycles. The second-order valence-electron chi connectivity index (χ2n) is 16.7. The number of benzene rings is 10. The second-order valence-corrected chi connectivity index (χ2v) is 16.7. The molecule has 0 spiro atoms. The number of nitrogens with zero attached hydrogens (tertiary/aromatic N) is 4. The van der Waals surface area contributed by atoms with Crippen molar-refractivity contribution in [3.05, 3.63) is 219 Å². The Balaban J connectivity index is 1.07. The molecular formula is C60H36N4O. The number of para-hydroxylation sites is 2. The molecule has 13 aromatic rings. The van der Waals surface area contributed by atoms with Crippen molar-refractivity contribution in [3.63, 3.8) is 0 Å². The minimum Gasteiger partial charge on any atom is -0.455 e. The zero-order valence-electron chi connectivity index (χ0n) is 35.0. The van der Waals surface area contributed by atoms with Gasteiger partial charge in [0, 0.05) is 34.3 Å². The van der Waals surface area contributed by atoms with E-state index >= 15 is 0 Å². The molecule has 0 unspecified atom stereocenters. The molecule has 3 heterocycles. The van der Waals surface area contributed by atoms with E-state index in [0.29, 0.717) is 17.5 Å². The molecule has 0 aliphatic rings. The van der Waals surface area contributed by atoms with Crippen LogP contribution in [0.1, 0.15) is 0 Å². The molecule has 10 aromatic carbocycles. The summed E-state index contributed by atoms with van der Waals surface area (Å²) < 4.78 is 6.58. The molecule has 0 bridgehead atoms. The van der Waals surface area contributed by atoms with E-state index in [1.807, 2.05) is 36.5 Å². The number of pyridine rings is 1. The van der Waals surface area contributed by atoms with E-state index in [1.54, 1.807) is 6.20 Å². The van der Waals surface area contributed by atoms with Crippen LogP contribution in [0.2, 0.25) is 0 Å². The van der Waals surface area contributed by atoms with Crippen molar-refractivity contribution in [1.29, 1.82) is 0 Å². The highest BCUT2D eigenvalue weighted by molar-refractivity contribution is 6.10. The summed E-state index contributed by atoms with van der Waals surface area (Å²) in [5.74, 6) is 1.66. The Labute approximate surface area is 374 Å². The van der Waals surface area contributed by atoms with Crippen molar-refractivity contribution in [1.82, 2.24) is 19.9 Å². The SMILES string of the molecule is c1cncc(-c2ccc(-c3nc(-c4cc(-c5cccc6cc7ccccc7cc56)cc(-c5cccc6cc7ccccc7cc56)c4)nc(-c4cccc5c4oc4ccccc45)n3)cc2)c1. The molecule has 0 atom stereocenters. The maximum Gasteiger partial charge on any atom is 0.167 e. The van der Waals surface area contributed by atoms with Gasteiger partial charge in [0.1, 0.15) is 11.2 Å². The van der Waals surface area contributed by atoms with Crippen LogP contribution in [0.3, 0.4) is 0 Å². The molecule has 0 saturated carbocycles. The number of aromatic nitrogens is 4. The lowest BCUT2D eigenvalue weighted by Gasteiger charge is -2.15. The second kappa shape index (κ2) is 14.9. The first-order valence-electron chi connectivity index (χ1n) is 21.8. The van der Waals surface area contributed by atoms with Crippen molar-refractivity contribution in [2.45, 2.75) is 0 Å². The number of hydrogen-bond donors (Lipinski definition) is 0. The van der Waals surface area contributed by atoms with Gasteiger partial charge in [0.15, 0.2) is 17.5 Å². The summed E-state index contributed by atoms with van der Waals surface area (Å²) in [4.78, 5) is 20.3. The first-order chi connectivity index (χ1) is 32.2. The third kappa shape index (κ3) is 6.40. The summed E-state index contributed by atoms with van der Waals surface area (Å²) in [5, 5.41) is 11.6. The Morgan fingerprint density at radius 1 is 0.292 bits per heavy atom. The average molecular weight is 829 g/mol. The van der Waals surface area contributed by atoms with Crippen LogP contribution in [0, 0.1) is 0 Å². The highest BCUT2D eigenvalue weighted by Gasteiger charge is 2.20. The van der Waals surface area contributed by atoms with Gasteiger partial charge in [0.2, 0.25) is 0 Å². The monoisotopic (exact) mass is 828 g/mol. The Morgan fingerprint density at radius 2 is 0.800 bits per heavy atom. The van der Waals surface area contributed by atoms with Crippen LogP contribution in [0.5, 0.6) is 0 Å². The minimum atomic E-state index is 0.534. The van der Waals surface area contributed by atoms with Crippen LogP contribution in [0.4, 0.5) is 0 Å². The summed E-state index contributed by atoms with van der Waals surface area (Å²) in [6.07, 6.45) is 3.67. The van der Waals surface area contributed by atoms with Gasteiger partial charge in [-0.3, -0.25) is 4.98 Å². The molecule has 3 aromatic heterocycles. The van der Waals surface area contributed by atoms with Crippen molar-refractivity contribution in [2.24, 2.45) is 0 Å². The maximum atomic E-state index is 6.58. The summed E-state index contributed by atoms with van der Waals surface area (Å²) in [6, 6.07) is 73.1. The van der Waals surface area contributed by atoms with Crippen LogP contribution in [0.25, 0.3) is 133 Å². The van der Waals surface area contributed by atoms with Crippen LogP contribution in [0.15, 0.2) is 223 Å². The number of furan rings is 1. The predicted molar refractivity (Wildman–Crippen MR) is 268 cm³/mol. The molecule has 302 valence electrons. The highest BCUT2D eigenvalue weighted by atomic mass is 16.3. The van der Waals surface area contributed by atoms with Crippen LogP contribution < -0.4 is 0 Å². The van der Waals surface area contributed by atoms with Crippen molar-refractivity contribution >= 4 is 65.0 Å². The van der Waals surface area contributed by atoms with E-state index in [1.165, 1.54) is 43.1 Å². The number of hydrogen-bond acceptors (Lipinski definition) is 5.